The third kappa shape index (κ3) is 2.61. The molecule has 0 radical (unpaired) electrons. The van der Waals surface area contributed by atoms with Crippen molar-refractivity contribution in [3.63, 3.8) is 0 Å². The summed E-state index contributed by atoms with van der Waals surface area (Å²) in [4.78, 5) is 0. The second-order valence-corrected chi connectivity index (χ2v) is 6.39. The summed E-state index contributed by atoms with van der Waals surface area (Å²) in [7, 11) is 3.14. The van der Waals surface area contributed by atoms with E-state index in [-0.39, 0.29) is 18.3 Å². The number of hydrogen-bond donors (Lipinski definition) is 0. The average Bonchev–Trinajstić information content (AvgIpc) is 2.58. The summed E-state index contributed by atoms with van der Waals surface area (Å²) in [6.07, 6.45) is 4.58. The highest BCUT2D eigenvalue weighted by molar-refractivity contribution is 6.54. The first-order valence-corrected chi connectivity index (χ1v) is 6.90. The van der Waals surface area contributed by atoms with E-state index in [0.717, 1.165) is 19.3 Å². The second-order valence-electron chi connectivity index (χ2n) is 6.39. The Morgan fingerprint density at radius 2 is 1.58 bits per heavy atom. The van der Waals surface area contributed by atoms with Gasteiger partial charge in [0.05, 0.1) is 11.2 Å². The van der Waals surface area contributed by atoms with Crippen LogP contribution in [0.15, 0.2) is 11.5 Å². The lowest BCUT2D eigenvalue weighted by Gasteiger charge is -2.34. The van der Waals surface area contributed by atoms with Crippen molar-refractivity contribution in [1.29, 1.82) is 0 Å². The van der Waals surface area contributed by atoms with Crippen LogP contribution in [0.25, 0.3) is 0 Å². The van der Waals surface area contributed by atoms with E-state index < -0.39 is 5.79 Å². The lowest BCUT2D eigenvalue weighted by molar-refractivity contribution is -0.209. The summed E-state index contributed by atoms with van der Waals surface area (Å²) in [6.45, 7) is 8.30. The molecule has 0 aromatic carbocycles. The van der Waals surface area contributed by atoms with Crippen molar-refractivity contribution < 1.29 is 18.8 Å². The van der Waals surface area contributed by atoms with Gasteiger partial charge in [0.1, 0.15) is 0 Å². The van der Waals surface area contributed by atoms with Gasteiger partial charge in [-0.15, -0.1) is 0 Å². The summed E-state index contributed by atoms with van der Waals surface area (Å²) in [5.74, 6) is -0.479. The number of allylic oxidation sites excluding steroid dienone is 1. The van der Waals surface area contributed by atoms with Gasteiger partial charge in [-0.25, -0.2) is 0 Å². The Balaban J connectivity index is 2.09. The maximum Gasteiger partial charge on any atom is 0.490 e. The molecule has 0 amide bonds. The minimum Gasteiger partial charge on any atom is -0.400 e. The average molecular weight is 268 g/mol. The van der Waals surface area contributed by atoms with Crippen LogP contribution in [-0.4, -0.2) is 38.3 Å². The summed E-state index contributed by atoms with van der Waals surface area (Å²) in [6, 6.07) is 0. The molecule has 0 aromatic heterocycles. The Labute approximate surface area is 116 Å². The zero-order chi connectivity index (χ0) is 14.3. The van der Waals surface area contributed by atoms with Gasteiger partial charge in [-0.2, -0.15) is 0 Å². The Morgan fingerprint density at radius 3 is 1.95 bits per heavy atom. The molecule has 0 aromatic rings. The molecule has 1 heterocycles. The molecular formula is C14H25BO4. The van der Waals surface area contributed by atoms with Crippen molar-refractivity contribution in [2.45, 2.75) is 63.9 Å². The minimum absolute atomic E-state index is 0.239. The largest absolute Gasteiger partial charge is 0.490 e. The fourth-order valence-electron chi connectivity index (χ4n) is 2.49. The third-order valence-corrected chi connectivity index (χ3v) is 4.77. The van der Waals surface area contributed by atoms with Crippen molar-refractivity contribution >= 4 is 7.12 Å². The SMILES string of the molecule is COC1(OC)CC=C(B2OC(C)(C)C(C)(C)O2)CC1. The van der Waals surface area contributed by atoms with Crippen molar-refractivity contribution in [1.82, 2.24) is 0 Å². The van der Waals surface area contributed by atoms with Crippen molar-refractivity contribution in [2.75, 3.05) is 14.2 Å². The first-order chi connectivity index (χ1) is 8.75. The van der Waals surface area contributed by atoms with E-state index in [1.54, 1.807) is 14.2 Å². The molecule has 0 bridgehead atoms. The van der Waals surface area contributed by atoms with Gasteiger partial charge in [-0.3, -0.25) is 0 Å². The van der Waals surface area contributed by atoms with Crippen LogP contribution in [0, 0.1) is 0 Å². The Hall–Kier alpha value is -0.355. The van der Waals surface area contributed by atoms with Crippen LogP contribution in [0.1, 0.15) is 47.0 Å². The van der Waals surface area contributed by atoms with E-state index in [2.05, 4.69) is 33.8 Å². The highest BCUT2D eigenvalue weighted by atomic mass is 16.7. The predicted octanol–water partition coefficient (Wildman–Crippen LogP) is 2.72. The molecule has 4 nitrogen and oxygen atoms in total. The fraction of sp³-hybridized carbons (Fsp3) is 0.857. The maximum absolute atomic E-state index is 6.07. The lowest BCUT2D eigenvalue weighted by atomic mass is 9.71. The van der Waals surface area contributed by atoms with Gasteiger partial charge in [0.25, 0.3) is 0 Å². The molecule has 1 aliphatic carbocycles. The van der Waals surface area contributed by atoms with E-state index in [0.29, 0.717) is 0 Å². The van der Waals surface area contributed by atoms with Gasteiger partial charge in [-0.1, -0.05) is 6.08 Å². The van der Waals surface area contributed by atoms with Crippen LogP contribution < -0.4 is 0 Å². The van der Waals surface area contributed by atoms with Crippen molar-refractivity contribution in [3.8, 4) is 0 Å². The molecule has 0 N–H and O–H groups in total. The highest BCUT2D eigenvalue weighted by Gasteiger charge is 2.53. The number of hydrogen-bond acceptors (Lipinski definition) is 4. The van der Waals surface area contributed by atoms with E-state index in [9.17, 15) is 0 Å². The summed E-state index contributed by atoms with van der Waals surface area (Å²) < 4.78 is 23.1. The number of methoxy groups -OCH3 is 2. The lowest BCUT2D eigenvalue weighted by Crippen LogP contribution is -2.41. The highest BCUT2D eigenvalue weighted by Crippen LogP contribution is 2.41. The number of ether oxygens (including phenoxy) is 2. The Morgan fingerprint density at radius 1 is 1.05 bits per heavy atom. The van der Waals surface area contributed by atoms with Crippen LogP contribution in [0.2, 0.25) is 0 Å². The topological polar surface area (TPSA) is 36.9 Å². The number of rotatable bonds is 3. The van der Waals surface area contributed by atoms with Crippen LogP contribution >= 0.6 is 0 Å². The van der Waals surface area contributed by atoms with E-state index in [1.807, 2.05) is 0 Å². The molecule has 0 atom stereocenters. The molecule has 19 heavy (non-hydrogen) atoms. The van der Waals surface area contributed by atoms with Gasteiger partial charge in [0.15, 0.2) is 5.79 Å². The van der Waals surface area contributed by atoms with Crippen molar-refractivity contribution in [2.24, 2.45) is 0 Å². The van der Waals surface area contributed by atoms with Gasteiger partial charge < -0.3 is 18.8 Å². The van der Waals surface area contributed by atoms with Gasteiger partial charge in [-0.05, 0) is 39.6 Å². The summed E-state index contributed by atoms with van der Waals surface area (Å²) >= 11 is 0. The normalized spacial score (nSPS) is 28.3. The standard InChI is InChI=1S/C14H25BO4/c1-12(2)13(3,4)19-15(18-12)11-7-9-14(16-5,17-6)10-8-11/h7H,8-10H2,1-6H3. The van der Waals surface area contributed by atoms with Crippen LogP contribution in [0.5, 0.6) is 0 Å². The minimum atomic E-state index is -0.479. The van der Waals surface area contributed by atoms with Crippen LogP contribution in [0.3, 0.4) is 0 Å². The maximum atomic E-state index is 6.07. The molecule has 108 valence electrons. The molecular weight excluding hydrogens is 243 g/mol. The van der Waals surface area contributed by atoms with Crippen LogP contribution in [0.4, 0.5) is 0 Å². The van der Waals surface area contributed by atoms with Crippen molar-refractivity contribution in [3.05, 3.63) is 11.5 Å². The van der Waals surface area contributed by atoms with Gasteiger partial charge >= 0.3 is 7.12 Å². The Bertz CT molecular complexity index is 356. The molecule has 2 rings (SSSR count). The molecule has 0 spiro atoms. The first-order valence-electron chi connectivity index (χ1n) is 6.90. The summed E-state index contributed by atoms with van der Waals surface area (Å²) in [5.41, 5.74) is 0.633. The molecule has 1 saturated heterocycles. The second kappa shape index (κ2) is 4.88. The van der Waals surface area contributed by atoms with E-state index >= 15 is 0 Å². The first kappa shape index (κ1) is 15.0. The third-order valence-electron chi connectivity index (χ3n) is 4.77. The zero-order valence-electron chi connectivity index (χ0n) is 12.9. The smallest absolute Gasteiger partial charge is 0.400 e. The molecule has 2 aliphatic rings. The predicted molar refractivity (Wildman–Crippen MR) is 74.8 cm³/mol. The summed E-state index contributed by atoms with van der Waals surface area (Å²) in [5, 5.41) is 0. The van der Waals surface area contributed by atoms with Crippen LogP contribution in [-0.2, 0) is 18.8 Å². The quantitative estimate of drug-likeness (QED) is 0.582. The molecule has 0 unspecified atom stereocenters. The van der Waals surface area contributed by atoms with Gasteiger partial charge in [0, 0.05) is 27.1 Å². The molecule has 0 saturated carbocycles. The van der Waals surface area contributed by atoms with E-state index in [4.69, 9.17) is 18.8 Å². The van der Waals surface area contributed by atoms with Gasteiger partial charge in [0.2, 0.25) is 0 Å². The molecule has 1 aliphatic heterocycles. The Kier molecular flexibility index (Phi) is 3.86. The molecule has 5 heteroatoms. The monoisotopic (exact) mass is 268 g/mol. The molecule has 1 fully saturated rings. The fourth-order valence-corrected chi connectivity index (χ4v) is 2.49. The zero-order valence-corrected chi connectivity index (χ0v) is 12.9. The van der Waals surface area contributed by atoms with E-state index in [1.165, 1.54) is 5.47 Å².